The van der Waals surface area contributed by atoms with Crippen molar-refractivity contribution < 1.29 is 14.9 Å². The fourth-order valence-corrected chi connectivity index (χ4v) is 2.84. The average Bonchev–Trinajstić information content (AvgIpc) is 2.83. The van der Waals surface area contributed by atoms with Gasteiger partial charge < -0.3 is 10.1 Å². The van der Waals surface area contributed by atoms with E-state index >= 15 is 0 Å². The van der Waals surface area contributed by atoms with Gasteiger partial charge in [-0.2, -0.15) is 0 Å². The summed E-state index contributed by atoms with van der Waals surface area (Å²) in [4.78, 5) is 18.7. The summed E-state index contributed by atoms with van der Waals surface area (Å²) in [7, 11) is 0. The molecule has 1 aromatic heterocycles. The number of aromatic nitrogens is 1. The zero-order chi connectivity index (χ0) is 14.6. The lowest BCUT2D eigenvalue weighted by Gasteiger charge is -2.20. The number of ketones is 1. The van der Waals surface area contributed by atoms with Crippen LogP contribution in [0.15, 0.2) is 34.7 Å². The van der Waals surface area contributed by atoms with Crippen LogP contribution in [0.2, 0.25) is 0 Å². The molecule has 2 heterocycles. The average molecular weight is 269 g/mol. The number of Topliss-reactive ketones (excluding diaryl/α,β-unsaturated/α-hetero) is 1. The molecule has 20 heavy (non-hydrogen) atoms. The number of allylic oxidation sites excluding steroid dienone is 4. The van der Waals surface area contributed by atoms with Crippen LogP contribution in [0.1, 0.15) is 30.8 Å². The van der Waals surface area contributed by atoms with E-state index in [-0.39, 0.29) is 11.5 Å². The van der Waals surface area contributed by atoms with Crippen LogP contribution >= 0.6 is 0 Å². The van der Waals surface area contributed by atoms with Crippen molar-refractivity contribution in [3.8, 4) is 0 Å². The number of aryl methyl sites for hydroxylation is 2. The Labute approximate surface area is 117 Å². The largest absolute Gasteiger partial charge is 0.506 e. The van der Waals surface area contributed by atoms with Gasteiger partial charge >= 0.3 is 0 Å². The third kappa shape index (κ3) is 1.61. The molecule has 3 N–H and O–H groups in total. The molecule has 0 unspecified atom stereocenters. The van der Waals surface area contributed by atoms with Crippen LogP contribution in [0, 0.1) is 13.8 Å². The first kappa shape index (κ1) is 12.7. The molecule has 0 spiro atoms. The van der Waals surface area contributed by atoms with E-state index in [1.807, 2.05) is 39.8 Å². The molecule has 0 fully saturated rings. The molecule has 4 nitrogen and oxygen atoms in total. The minimum Gasteiger partial charge on any atom is -0.506 e. The summed E-state index contributed by atoms with van der Waals surface area (Å²) in [6.45, 7) is 7.71. The van der Waals surface area contributed by atoms with Crippen LogP contribution in [0.4, 0.5) is 0 Å². The highest BCUT2D eigenvalue weighted by molar-refractivity contribution is 6.39. The van der Waals surface area contributed by atoms with Gasteiger partial charge in [-0.1, -0.05) is 0 Å². The maximum atomic E-state index is 12.4. The van der Waals surface area contributed by atoms with Gasteiger partial charge in [-0.3, -0.25) is 4.79 Å². The number of aliphatic hydroxyl groups is 1. The first-order valence-corrected chi connectivity index (χ1v) is 6.58. The Bertz CT molecular complexity index is 770. The number of aromatic amines is 1. The molecule has 3 rings (SSSR count). The Balaban J connectivity index is 2.15. The molecule has 102 valence electrons. The van der Waals surface area contributed by atoms with E-state index in [2.05, 4.69) is 9.98 Å². The molecule has 1 aliphatic heterocycles. The van der Waals surface area contributed by atoms with Gasteiger partial charge in [-0.25, -0.2) is 4.99 Å². The van der Waals surface area contributed by atoms with E-state index in [1.165, 1.54) is 0 Å². The van der Waals surface area contributed by atoms with Crippen LogP contribution in [0.3, 0.4) is 0 Å². The highest BCUT2D eigenvalue weighted by Crippen LogP contribution is 2.38. The van der Waals surface area contributed by atoms with Crippen LogP contribution in [0.5, 0.6) is 0 Å². The lowest BCUT2D eigenvalue weighted by Crippen LogP contribution is -2.68. The lowest BCUT2D eigenvalue weighted by atomic mass is 9.83. The van der Waals surface area contributed by atoms with Crippen LogP contribution in [0.25, 0.3) is 5.57 Å². The smallest absolute Gasteiger partial charge is 0.222 e. The topological polar surface area (TPSA) is 67.1 Å². The number of nitrogens with one attached hydrogen (secondary N) is 2. The molecular weight excluding hydrogens is 252 g/mol. The molecule has 4 heteroatoms. The predicted molar refractivity (Wildman–Crippen MR) is 77.2 cm³/mol. The fraction of sp³-hybridized carbons (Fsp3) is 0.250. The summed E-state index contributed by atoms with van der Waals surface area (Å²) in [6, 6.07) is 1.96. The quantitative estimate of drug-likeness (QED) is 0.671. The number of carbonyl (C=O) groups excluding carboxylic acids is 1. The zero-order valence-corrected chi connectivity index (χ0v) is 12.0. The maximum Gasteiger partial charge on any atom is 0.222 e. The number of hydrogen-bond donors (Lipinski definition) is 3. The summed E-state index contributed by atoms with van der Waals surface area (Å²) in [5.41, 5.74) is 6.10. The minimum absolute atomic E-state index is 0.0740. The van der Waals surface area contributed by atoms with Gasteiger partial charge in [0, 0.05) is 24.3 Å². The van der Waals surface area contributed by atoms with Crippen molar-refractivity contribution in [2.45, 2.75) is 27.7 Å². The number of H-pyrrole nitrogens is 1. The summed E-state index contributed by atoms with van der Waals surface area (Å²) in [5.74, 6) is -0.0395. The van der Waals surface area contributed by atoms with Crippen LogP contribution in [-0.4, -0.2) is 21.6 Å². The summed E-state index contributed by atoms with van der Waals surface area (Å²) in [5, 5.41) is 10.3. The Hall–Kier alpha value is -2.36. The highest BCUT2D eigenvalue weighted by Gasteiger charge is 2.42. The molecule has 0 radical (unpaired) electrons. The van der Waals surface area contributed by atoms with Crippen molar-refractivity contribution in [1.82, 2.24) is 4.98 Å². The van der Waals surface area contributed by atoms with Crippen molar-refractivity contribution in [2.24, 2.45) is 0 Å². The maximum absolute atomic E-state index is 12.4. The Kier molecular flexibility index (Phi) is 2.57. The van der Waals surface area contributed by atoms with E-state index in [0.29, 0.717) is 11.1 Å². The van der Waals surface area contributed by atoms with Crippen molar-refractivity contribution in [3.05, 3.63) is 51.7 Å². The van der Waals surface area contributed by atoms with Crippen molar-refractivity contribution in [1.29, 1.82) is 0 Å². The Morgan fingerprint density at radius 3 is 2.30 bits per heavy atom. The van der Waals surface area contributed by atoms with E-state index in [9.17, 15) is 9.90 Å². The van der Waals surface area contributed by atoms with Gasteiger partial charge in [0.15, 0.2) is 5.71 Å². The van der Waals surface area contributed by atoms with E-state index < -0.39 is 0 Å². The molecule has 1 aromatic rings. The normalized spacial score (nSPS) is 22.1. The number of rotatable bonds is 1. The summed E-state index contributed by atoms with van der Waals surface area (Å²) in [6.07, 6.45) is 1.96. The van der Waals surface area contributed by atoms with E-state index in [1.54, 1.807) is 0 Å². The molecule has 0 bridgehead atoms. The summed E-state index contributed by atoms with van der Waals surface area (Å²) >= 11 is 0. The molecule has 0 atom stereocenters. The van der Waals surface area contributed by atoms with Crippen LogP contribution in [-0.2, 0) is 4.79 Å². The third-order valence-corrected chi connectivity index (χ3v) is 3.73. The van der Waals surface area contributed by atoms with Gasteiger partial charge in [0.25, 0.3) is 0 Å². The molecule has 0 aromatic carbocycles. The number of carbonyl (C=O) groups is 1. The second kappa shape index (κ2) is 4.07. The van der Waals surface area contributed by atoms with Gasteiger partial charge in [0.05, 0.1) is 11.3 Å². The SMILES string of the molecule is CC1=CC(C)=[NH+]/C1=C1/C(=O)C(c2[nH]c(C)cc2C)=C1O. The summed E-state index contributed by atoms with van der Waals surface area (Å²) < 4.78 is 0. The van der Waals surface area contributed by atoms with Crippen LogP contribution < -0.4 is 4.99 Å². The first-order valence-electron chi connectivity index (χ1n) is 6.58. The lowest BCUT2D eigenvalue weighted by molar-refractivity contribution is -0.389. The first-order chi connectivity index (χ1) is 9.40. The number of aliphatic hydroxyl groups excluding tert-OH is 1. The van der Waals surface area contributed by atoms with Crippen molar-refractivity contribution in [2.75, 3.05) is 0 Å². The molecule has 0 amide bonds. The molecular formula is C16H17N2O2+. The fourth-order valence-electron chi connectivity index (χ4n) is 2.84. The molecule has 0 saturated carbocycles. The second-order valence-electron chi connectivity index (χ2n) is 5.45. The zero-order valence-electron chi connectivity index (χ0n) is 12.0. The van der Waals surface area contributed by atoms with Crippen molar-refractivity contribution >= 4 is 17.1 Å². The number of hydrogen-bond acceptors (Lipinski definition) is 2. The van der Waals surface area contributed by atoms with E-state index in [0.717, 1.165) is 33.9 Å². The van der Waals surface area contributed by atoms with Crippen molar-refractivity contribution in [3.63, 3.8) is 0 Å². The molecule has 1 aliphatic carbocycles. The van der Waals surface area contributed by atoms with Gasteiger partial charge in [-0.15, -0.1) is 0 Å². The third-order valence-electron chi connectivity index (χ3n) is 3.73. The predicted octanol–water partition coefficient (Wildman–Crippen LogP) is 1.24. The van der Waals surface area contributed by atoms with Gasteiger partial charge in [-0.05, 0) is 32.4 Å². The van der Waals surface area contributed by atoms with Gasteiger partial charge in [0.2, 0.25) is 11.5 Å². The monoisotopic (exact) mass is 269 g/mol. The Morgan fingerprint density at radius 1 is 1.15 bits per heavy atom. The standard InChI is InChI=1S/C16H16N2O2/c1-7-5-9(3)17-13(7)11-15(19)12(16(11)20)14-8(2)6-10(4)18-14/h5-6,17,19H,1-4H3/p+1/b14-12+. The highest BCUT2D eigenvalue weighted by atomic mass is 16.3. The van der Waals surface area contributed by atoms with E-state index in [4.69, 9.17) is 0 Å². The van der Waals surface area contributed by atoms with Gasteiger partial charge in [0.1, 0.15) is 11.3 Å². The second-order valence-corrected chi connectivity index (χ2v) is 5.45. The molecule has 2 aliphatic rings. The minimum atomic E-state index is -0.114. The Morgan fingerprint density at radius 2 is 1.85 bits per heavy atom. The molecule has 0 saturated heterocycles.